The maximum Gasteiger partial charge on any atom is 0.524 e. The number of phosphoric acid groups is 1. The van der Waals surface area contributed by atoms with Gasteiger partial charge in [-0.25, -0.2) is 4.57 Å². The number of fused-ring (bicyclic) bond motifs is 1. The molecule has 0 aliphatic heterocycles. The number of hydrogen-bond donors (Lipinski definition) is 3. The summed E-state index contributed by atoms with van der Waals surface area (Å²) in [7, 11) is -4.58. The number of carboxylic acids is 1. The summed E-state index contributed by atoms with van der Waals surface area (Å²) in [5.74, 6) is -1.47. The normalized spacial score (nSPS) is 13.2. The van der Waals surface area contributed by atoms with Crippen LogP contribution in [0.25, 0.3) is 10.8 Å². The topological polar surface area (TPSA) is 104 Å². The molecule has 2 rings (SSSR count). The molecule has 0 spiro atoms. The lowest BCUT2D eigenvalue weighted by Crippen LogP contribution is -2.06. The van der Waals surface area contributed by atoms with Gasteiger partial charge in [0.15, 0.2) is 0 Å². The van der Waals surface area contributed by atoms with Gasteiger partial charge in [-0.05, 0) is 35.4 Å². The largest absolute Gasteiger partial charge is 0.524 e. The molecule has 0 saturated carbocycles. The highest BCUT2D eigenvalue weighted by Crippen LogP contribution is 2.38. The SMILES string of the molecule is CC(C(=O)O)c1ccc2cc(OP(=O)(O)O)ccc2c1. The lowest BCUT2D eigenvalue weighted by molar-refractivity contribution is -0.138. The van der Waals surface area contributed by atoms with Crippen LogP contribution in [0.15, 0.2) is 36.4 Å². The zero-order valence-corrected chi connectivity index (χ0v) is 11.4. The highest BCUT2D eigenvalue weighted by atomic mass is 31.2. The quantitative estimate of drug-likeness (QED) is 0.749. The van der Waals surface area contributed by atoms with E-state index in [1.165, 1.54) is 12.1 Å². The number of phosphoric ester groups is 1. The predicted octanol–water partition coefficient (Wildman–Crippen LogP) is 2.50. The Balaban J connectivity index is 2.39. The van der Waals surface area contributed by atoms with Crippen LogP contribution < -0.4 is 4.52 Å². The summed E-state index contributed by atoms with van der Waals surface area (Å²) in [5.41, 5.74) is 0.661. The lowest BCUT2D eigenvalue weighted by Gasteiger charge is -2.10. The molecule has 3 N–H and O–H groups in total. The van der Waals surface area contributed by atoms with Gasteiger partial charge in [0, 0.05) is 0 Å². The number of rotatable bonds is 4. The van der Waals surface area contributed by atoms with Gasteiger partial charge < -0.3 is 9.63 Å². The molecule has 2 aromatic rings. The van der Waals surface area contributed by atoms with Gasteiger partial charge in [0.2, 0.25) is 0 Å². The zero-order valence-electron chi connectivity index (χ0n) is 10.6. The Bertz CT molecular complexity index is 705. The van der Waals surface area contributed by atoms with E-state index < -0.39 is 19.7 Å². The highest BCUT2D eigenvalue weighted by molar-refractivity contribution is 7.46. The summed E-state index contributed by atoms with van der Waals surface area (Å²) in [5, 5.41) is 10.5. The molecule has 0 heterocycles. The Morgan fingerprint density at radius 1 is 1.15 bits per heavy atom. The second-order valence-electron chi connectivity index (χ2n) is 4.41. The van der Waals surface area contributed by atoms with Crippen molar-refractivity contribution >= 4 is 24.6 Å². The van der Waals surface area contributed by atoms with Crippen LogP contribution in [-0.2, 0) is 9.36 Å². The molecular weight excluding hydrogens is 283 g/mol. The second-order valence-corrected chi connectivity index (χ2v) is 5.57. The van der Waals surface area contributed by atoms with Crippen molar-refractivity contribution in [2.75, 3.05) is 0 Å². The van der Waals surface area contributed by atoms with E-state index in [0.717, 1.165) is 5.39 Å². The van der Waals surface area contributed by atoms with Crippen LogP contribution in [0.4, 0.5) is 0 Å². The van der Waals surface area contributed by atoms with Crippen molar-refractivity contribution < 1.29 is 28.8 Å². The van der Waals surface area contributed by atoms with Crippen LogP contribution >= 0.6 is 7.82 Å². The van der Waals surface area contributed by atoms with Gasteiger partial charge in [0.1, 0.15) is 5.75 Å². The summed E-state index contributed by atoms with van der Waals surface area (Å²) in [4.78, 5) is 28.4. The monoisotopic (exact) mass is 296 g/mol. The van der Waals surface area contributed by atoms with E-state index in [1.54, 1.807) is 31.2 Å². The summed E-state index contributed by atoms with van der Waals surface area (Å²) in [6, 6.07) is 9.63. The van der Waals surface area contributed by atoms with Gasteiger partial charge in [0.05, 0.1) is 5.92 Å². The number of benzene rings is 2. The van der Waals surface area contributed by atoms with Crippen molar-refractivity contribution in [1.82, 2.24) is 0 Å². The van der Waals surface area contributed by atoms with Gasteiger partial charge in [-0.3, -0.25) is 14.6 Å². The number of hydrogen-bond acceptors (Lipinski definition) is 3. The van der Waals surface area contributed by atoms with E-state index in [2.05, 4.69) is 4.52 Å². The second kappa shape index (κ2) is 5.25. The zero-order chi connectivity index (χ0) is 14.9. The summed E-state index contributed by atoms with van der Waals surface area (Å²) >= 11 is 0. The van der Waals surface area contributed by atoms with Gasteiger partial charge in [-0.15, -0.1) is 0 Å². The van der Waals surface area contributed by atoms with Gasteiger partial charge >= 0.3 is 13.8 Å². The molecule has 106 valence electrons. The lowest BCUT2D eigenvalue weighted by atomic mass is 9.98. The van der Waals surface area contributed by atoms with E-state index in [0.29, 0.717) is 10.9 Å². The Kier molecular flexibility index (Phi) is 3.81. The average Bonchev–Trinajstić information content (AvgIpc) is 2.35. The van der Waals surface area contributed by atoms with Crippen LogP contribution in [0.1, 0.15) is 18.4 Å². The first-order chi connectivity index (χ1) is 9.26. The van der Waals surface area contributed by atoms with Crippen molar-refractivity contribution in [2.45, 2.75) is 12.8 Å². The fourth-order valence-electron chi connectivity index (χ4n) is 1.85. The molecule has 0 radical (unpaired) electrons. The van der Waals surface area contributed by atoms with Crippen molar-refractivity contribution in [3.63, 3.8) is 0 Å². The standard InChI is InChI=1S/C13H13O6P/c1-8(13(14)15)9-2-3-11-7-12(19-20(16,17)18)5-4-10(11)6-9/h2-8H,1H3,(H,14,15)(H2,16,17,18). The molecule has 0 fully saturated rings. The van der Waals surface area contributed by atoms with Crippen molar-refractivity contribution in [3.8, 4) is 5.75 Å². The van der Waals surface area contributed by atoms with Gasteiger partial charge in [-0.2, -0.15) is 0 Å². The van der Waals surface area contributed by atoms with E-state index in [9.17, 15) is 9.36 Å². The molecule has 0 aliphatic carbocycles. The fraction of sp³-hybridized carbons (Fsp3) is 0.154. The Morgan fingerprint density at radius 3 is 2.35 bits per heavy atom. The maximum atomic E-state index is 10.9. The van der Waals surface area contributed by atoms with Gasteiger partial charge in [-0.1, -0.05) is 24.3 Å². The number of aliphatic carboxylic acids is 1. The van der Waals surface area contributed by atoms with Crippen LogP contribution in [0, 0.1) is 0 Å². The summed E-state index contributed by atoms with van der Waals surface area (Å²) < 4.78 is 15.3. The number of carbonyl (C=O) groups is 1. The van der Waals surface area contributed by atoms with Crippen LogP contribution in [-0.4, -0.2) is 20.9 Å². The molecule has 6 nitrogen and oxygen atoms in total. The Labute approximate surface area is 114 Å². The minimum absolute atomic E-state index is 0.0601. The Hall–Kier alpha value is -1.88. The average molecular weight is 296 g/mol. The molecule has 0 saturated heterocycles. The molecule has 0 bridgehead atoms. The molecule has 0 aliphatic rings. The molecule has 1 unspecified atom stereocenters. The van der Waals surface area contributed by atoms with E-state index in [4.69, 9.17) is 14.9 Å². The minimum atomic E-state index is -4.58. The smallest absolute Gasteiger partial charge is 0.481 e. The third-order valence-electron chi connectivity index (χ3n) is 2.93. The third kappa shape index (κ3) is 3.36. The number of carboxylic acid groups (broad SMARTS) is 1. The van der Waals surface area contributed by atoms with Gasteiger partial charge in [0.25, 0.3) is 0 Å². The predicted molar refractivity (Wildman–Crippen MR) is 72.7 cm³/mol. The van der Waals surface area contributed by atoms with Crippen LogP contribution in [0.5, 0.6) is 5.75 Å². The first-order valence-electron chi connectivity index (χ1n) is 5.78. The molecule has 1 atom stereocenters. The van der Waals surface area contributed by atoms with E-state index >= 15 is 0 Å². The fourth-order valence-corrected chi connectivity index (χ4v) is 2.24. The maximum absolute atomic E-state index is 10.9. The van der Waals surface area contributed by atoms with Crippen LogP contribution in [0.3, 0.4) is 0 Å². The van der Waals surface area contributed by atoms with Crippen molar-refractivity contribution in [3.05, 3.63) is 42.0 Å². The minimum Gasteiger partial charge on any atom is -0.481 e. The molecular formula is C13H13O6P. The molecule has 20 heavy (non-hydrogen) atoms. The highest BCUT2D eigenvalue weighted by Gasteiger charge is 2.17. The Morgan fingerprint density at radius 2 is 1.75 bits per heavy atom. The molecule has 2 aromatic carbocycles. The van der Waals surface area contributed by atoms with E-state index in [-0.39, 0.29) is 5.75 Å². The first kappa shape index (κ1) is 14.5. The van der Waals surface area contributed by atoms with E-state index in [1.807, 2.05) is 0 Å². The first-order valence-corrected chi connectivity index (χ1v) is 7.31. The summed E-state index contributed by atoms with van der Waals surface area (Å²) in [6.45, 7) is 1.59. The molecule has 0 aromatic heterocycles. The van der Waals surface area contributed by atoms with Crippen molar-refractivity contribution in [2.24, 2.45) is 0 Å². The third-order valence-corrected chi connectivity index (χ3v) is 3.38. The van der Waals surface area contributed by atoms with Crippen LogP contribution in [0.2, 0.25) is 0 Å². The molecule has 0 amide bonds. The van der Waals surface area contributed by atoms with Crippen molar-refractivity contribution in [1.29, 1.82) is 0 Å². The molecule has 7 heteroatoms. The summed E-state index contributed by atoms with van der Waals surface area (Å²) in [6.07, 6.45) is 0.